The van der Waals surface area contributed by atoms with Crippen molar-refractivity contribution in [3.05, 3.63) is 135 Å². The topological polar surface area (TPSA) is 0 Å². The van der Waals surface area contributed by atoms with E-state index in [2.05, 4.69) is 149 Å². The molecule has 0 N–H and O–H groups in total. The van der Waals surface area contributed by atoms with Gasteiger partial charge >= 0.3 is 37.9 Å². The summed E-state index contributed by atoms with van der Waals surface area (Å²) in [5, 5.41) is 5.71. The summed E-state index contributed by atoms with van der Waals surface area (Å²) in [7, 11) is 9.87. The summed E-state index contributed by atoms with van der Waals surface area (Å²) >= 11 is -0.826. The quantitative estimate of drug-likeness (QED) is 0.135. The first-order valence-electron chi connectivity index (χ1n) is 18.6. The molecule has 6 aromatic rings. The third-order valence-corrected chi connectivity index (χ3v) is 10.2. The van der Waals surface area contributed by atoms with E-state index in [4.69, 9.17) is 17.0 Å². The normalized spacial score (nSPS) is 10.6. The molecule has 0 amide bonds. The van der Waals surface area contributed by atoms with Crippen molar-refractivity contribution in [2.24, 2.45) is 0 Å². The van der Waals surface area contributed by atoms with Crippen LogP contribution in [0, 0.1) is 62.3 Å². The standard InChI is InChI=1S/2C23H27.C2H5.2ClH.Zr/c2*1-6-7-8-19-13-21-17(4)11-18(5)23(22(21)14-19)20-10-9-15(2)16(3)12-20;1-2;;;/h2*9-14H,6-8H2,1-5H3;1H2,2H3;2*1H;/q3*-1;;;+2/p-2. The van der Waals surface area contributed by atoms with Crippen molar-refractivity contribution in [1.29, 1.82) is 0 Å². The van der Waals surface area contributed by atoms with Crippen molar-refractivity contribution in [2.45, 2.75) is 115 Å². The van der Waals surface area contributed by atoms with Gasteiger partial charge in [0.1, 0.15) is 0 Å². The van der Waals surface area contributed by atoms with Crippen LogP contribution in [-0.2, 0) is 33.7 Å². The van der Waals surface area contributed by atoms with Crippen LogP contribution in [0.15, 0.2) is 72.8 Å². The maximum atomic E-state index is 4.93. The van der Waals surface area contributed by atoms with Crippen LogP contribution in [0.25, 0.3) is 43.8 Å². The van der Waals surface area contributed by atoms with Crippen LogP contribution in [-0.4, -0.2) is 0 Å². The number of fused-ring (bicyclic) bond motifs is 2. The Morgan fingerprint density at radius 2 is 0.843 bits per heavy atom. The number of unbranched alkanes of at least 4 members (excludes halogenated alkanes) is 2. The summed E-state index contributed by atoms with van der Waals surface area (Å²) < 4.78 is 0. The first-order chi connectivity index (χ1) is 24.4. The Balaban J connectivity index is 0.000000245. The summed E-state index contributed by atoms with van der Waals surface area (Å²) in [4.78, 5) is 0. The second kappa shape index (κ2) is 20.7. The average molecular weight is 798 g/mol. The molecule has 0 unspecified atom stereocenters. The first-order valence-corrected chi connectivity index (χ1v) is 25.0. The summed E-state index contributed by atoms with van der Waals surface area (Å²) in [6.07, 6.45) is 7.43. The molecule has 0 aliphatic heterocycles. The van der Waals surface area contributed by atoms with Crippen molar-refractivity contribution in [3.63, 3.8) is 0 Å². The van der Waals surface area contributed by atoms with Crippen LogP contribution in [0.1, 0.15) is 102 Å². The third-order valence-electron chi connectivity index (χ3n) is 10.2. The Labute approximate surface area is 329 Å². The van der Waals surface area contributed by atoms with Gasteiger partial charge in [-0.05, 0) is 87.8 Å². The average Bonchev–Trinajstić information content (AvgIpc) is 3.73. The molecule has 51 heavy (non-hydrogen) atoms. The second-order valence-electron chi connectivity index (χ2n) is 14.0. The molecule has 0 aliphatic rings. The van der Waals surface area contributed by atoms with Crippen molar-refractivity contribution in [1.82, 2.24) is 0 Å². The first kappa shape index (κ1) is 43.0. The number of benzene rings is 4. The van der Waals surface area contributed by atoms with E-state index < -0.39 is 20.8 Å². The van der Waals surface area contributed by atoms with Gasteiger partial charge in [-0.3, -0.25) is 0 Å². The molecule has 0 atom stereocenters. The molecule has 0 spiro atoms. The van der Waals surface area contributed by atoms with Gasteiger partial charge in [-0.2, -0.15) is 19.1 Å². The van der Waals surface area contributed by atoms with Gasteiger partial charge in [-0.15, -0.1) is 55.9 Å². The number of hydrogen-bond donors (Lipinski definition) is 0. The van der Waals surface area contributed by atoms with E-state index in [1.165, 1.54) is 138 Å². The van der Waals surface area contributed by atoms with E-state index in [0.717, 1.165) is 0 Å². The number of rotatable bonds is 8. The molecule has 0 radical (unpaired) electrons. The van der Waals surface area contributed by atoms with E-state index >= 15 is 0 Å². The Morgan fingerprint density at radius 3 is 1.16 bits per heavy atom. The molecular formula is C48H59Cl2Zr-3. The van der Waals surface area contributed by atoms with Gasteiger partial charge in [-0.25, -0.2) is 0 Å². The third kappa shape index (κ3) is 10.8. The molecule has 3 heteroatoms. The maximum absolute atomic E-state index is 4.93. The fourth-order valence-corrected chi connectivity index (χ4v) is 7.19. The Bertz CT molecular complexity index is 1870. The van der Waals surface area contributed by atoms with Crippen molar-refractivity contribution in [3.8, 4) is 22.3 Å². The van der Waals surface area contributed by atoms with Crippen LogP contribution in [0.3, 0.4) is 0 Å². The van der Waals surface area contributed by atoms with E-state index in [1.807, 2.05) is 0 Å². The predicted octanol–water partition coefficient (Wildman–Crippen LogP) is 15.8. The van der Waals surface area contributed by atoms with Crippen molar-refractivity contribution >= 4 is 38.6 Å². The van der Waals surface area contributed by atoms with E-state index in [9.17, 15) is 0 Å². The van der Waals surface area contributed by atoms with Gasteiger partial charge in [0.2, 0.25) is 0 Å². The molecule has 0 aromatic heterocycles. The molecule has 6 aromatic carbocycles. The van der Waals surface area contributed by atoms with Gasteiger partial charge < -0.3 is 6.92 Å². The fourth-order valence-electron chi connectivity index (χ4n) is 7.19. The van der Waals surface area contributed by atoms with Gasteiger partial charge in [0, 0.05) is 0 Å². The second-order valence-corrected chi connectivity index (χ2v) is 17.8. The molecule has 0 fully saturated rings. The van der Waals surface area contributed by atoms with Gasteiger partial charge in [0.25, 0.3) is 0 Å². The minimum atomic E-state index is -0.826. The molecule has 0 bridgehead atoms. The van der Waals surface area contributed by atoms with Gasteiger partial charge in [0.05, 0.1) is 0 Å². The van der Waals surface area contributed by atoms with E-state index in [-0.39, 0.29) is 0 Å². The zero-order valence-corrected chi connectivity index (χ0v) is 37.1. The van der Waals surface area contributed by atoms with Crippen LogP contribution in [0.4, 0.5) is 0 Å². The van der Waals surface area contributed by atoms with E-state index in [0.29, 0.717) is 0 Å². The number of aryl methyl sites for hydroxylation is 10. The Morgan fingerprint density at radius 1 is 0.490 bits per heavy atom. The Kier molecular flexibility index (Phi) is 17.5. The van der Waals surface area contributed by atoms with Crippen molar-refractivity contribution < 1.29 is 20.8 Å². The molecule has 0 aliphatic carbocycles. The van der Waals surface area contributed by atoms with Crippen LogP contribution < -0.4 is 0 Å². The molecular weight excluding hydrogens is 739 g/mol. The summed E-state index contributed by atoms with van der Waals surface area (Å²) in [5.74, 6) is 0. The summed E-state index contributed by atoms with van der Waals surface area (Å²) in [6.45, 7) is 27.3. The molecule has 0 saturated carbocycles. The zero-order chi connectivity index (χ0) is 37.8. The summed E-state index contributed by atoms with van der Waals surface area (Å²) in [6, 6.07) is 28.1. The van der Waals surface area contributed by atoms with Crippen LogP contribution in [0.5, 0.6) is 0 Å². The molecule has 6 rings (SSSR count). The molecule has 0 saturated heterocycles. The fraction of sp³-hybridized carbons (Fsp3) is 0.354. The summed E-state index contributed by atoms with van der Waals surface area (Å²) in [5.41, 5.74) is 19.5. The molecule has 272 valence electrons. The van der Waals surface area contributed by atoms with Gasteiger partial charge in [-0.1, -0.05) is 124 Å². The van der Waals surface area contributed by atoms with Crippen LogP contribution in [0.2, 0.25) is 0 Å². The minimum absolute atomic E-state index is 0.826. The molecule has 0 heterocycles. The van der Waals surface area contributed by atoms with Crippen molar-refractivity contribution in [2.75, 3.05) is 0 Å². The SMILES string of the molecule is CCCCc1cc2c(-c3ccc(C)c(C)c3)c(C)cc(C)c2[cH-]1.CCCCc1cc2c(-c3ccc(C)c(C)c3)c(C)cc(C)c2[cH-]1.[CH2-]C.[Cl][Zr][Cl]. The van der Waals surface area contributed by atoms with E-state index in [1.54, 1.807) is 6.92 Å². The molecule has 0 nitrogen and oxygen atoms in total. The Hall–Kier alpha value is -2.44. The number of halogens is 2. The van der Waals surface area contributed by atoms with Crippen LogP contribution >= 0.6 is 17.0 Å². The predicted molar refractivity (Wildman–Crippen MR) is 228 cm³/mol. The number of hydrogen-bond acceptors (Lipinski definition) is 0. The monoisotopic (exact) mass is 795 g/mol. The van der Waals surface area contributed by atoms with Gasteiger partial charge in [0.15, 0.2) is 0 Å². The zero-order valence-electron chi connectivity index (χ0n) is 33.1.